The first kappa shape index (κ1) is 14.9. The topological polar surface area (TPSA) is 53.5 Å². The minimum absolute atomic E-state index is 0.422. The lowest BCUT2D eigenvalue weighted by Gasteiger charge is -2.34. The first-order chi connectivity index (χ1) is 11.3. The predicted octanol–water partition coefficient (Wildman–Crippen LogP) is 2.90. The van der Waals surface area contributed by atoms with Crippen LogP contribution >= 0.6 is 11.6 Å². The number of hydrogen-bond acceptors (Lipinski definition) is 5. The van der Waals surface area contributed by atoms with Crippen LogP contribution < -0.4 is 4.74 Å². The van der Waals surface area contributed by atoms with Crippen molar-refractivity contribution in [1.82, 2.24) is 9.97 Å². The summed E-state index contributed by atoms with van der Waals surface area (Å²) in [6, 6.07) is 5.66. The van der Waals surface area contributed by atoms with Crippen molar-refractivity contribution >= 4 is 11.6 Å². The van der Waals surface area contributed by atoms with Crippen molar-refractivity contribution in [3.8, 4) is 5.75 Å². The number of nitrogens with zero attached hydrogens (tertiary/aromatic N) is 2. The van der Waals surface area contributed by atoms with Crippen LogP contribution in [-0.4, -0.2) is 29.8 Å². The molecule has 0 aromatic carbocycles. The molecule has 120 valence electrons. The van der Waals surface area contributed by atoms with E-state index in [4.69, 9.17) is 25.8 Å². The van der Waals surface area contributed by atoms with Gasteiger partial charge in [0.05, 0.1) is 18.9 Å². The van der Waals surface area contributed by atoms with Crippen LogP contribution in [0.15, 0.2) is 30.6 Å². The number of fused-ring (bicyclic) bond motifs is 2. The second kappa shape index (κ2) is 6.07. The molecule has 0 bridgehead atoms. The molecule has 2 aliphatic heterocycles. The van der Waals surface area contributed by atoms with Crippen LogP contribution in [0, 0.1) is 0 Å². The molecule has 0 aliphatic carbocycles. The molecule has 2 aromatic rings. The fraction of sp³-hybridized carbons (Fsp3) is 0.412. The highest BCUT2D eigenvalue weighted by Crippen LogP contribution is 2.42. The van der Waals surface area contributed by atoms with Crippen LogP contribution in [0.5, 0.6) is 5.75 Å². The van der Waals surface area contributed by atoms with Gasteiger partial charge >= 0.3 is 0 Å². The Balaban J connectivity index is 1.67. The highest BCUT2D eigenvalue weighted by molar-refractivity contribution is 6.29. The molecule has 1 spiro atoms. The second-order valence-corrected chi connectivity index (χ2v) is 6.20. The van der Waals surface area contributed by atoms with Crippen molar-refractivity contribution in [3.05, 3.63) is 52.6 Å². The maximum atomic E-state index is 6.23. The van der Waals surface area contributed by atoms with E-state index in [1.54, 1.807) is 18.5 Å². The monoisotopic (exact) mass is 332 g/mol. The summed E-state index contributed by atoms with van der Waals surface area (Å²) in [6.45, 7) is 2.32. The van der Waals surface area contributed by atoms with E-state index in [0.29, 0.717) is 31.6 Å². The summed E-state index contributed by atoms with van der Waals surface area (Å²) < 4.78 is 17.6. The zero-order chi connectivity index (χ0) is 15.7. The Morgan fingerprint density at radius 2 is 2.13 bits per heavy atom. The van der Waals surface area contributed by atoms with Gasteiger partial charge in [0, 0.05) is 43.5 Å². The zero-order valence-electron chi connectivity index (χ0n) is 12.6. The minimum atomic E-state index is -0.465. The van der Waals surface area contributed by atoms with Crippen molar-refractivity contribution in [1.29, 1.82) is 0 Å². The summed E-state index contributed by atoms with van der Waals surface area (Å²) in [4.78, 5) is 8.55. The third-order valence-electron chi connectivity index (χ3n) is 4.34. The lowest BCUT2D eigenvalue weighted by atomic mass is 9.90. The zero-order valence-corrected chi connectivity index (χ0v) is 13.4. The predicted molar refractivity (Wildman–Crippen MR) is 84.6 cm³/mol. The van der Waals surface area contributed by atoms with Crippen LogP contribution in [-0.2, 0) is 28.1 Å². The third kappa shape index (κ3) is 2.80. The van der Waals surface area contributed by atoms with Crippen LogP contribution in [0.3, 0.4) is 0 Å². The number of rotatable bonds is 3. The first-order valence-electron chi connectivity index (χ1n) is 7.70. The van der Waals surface area contributed by atoms with Gasteiger partial charge in [-0.25, -0.2) is 4.98 Å². The molecule has 1 fully saturated rings. The summed E-state index contributed by atoms with van der Waals surface area (Å²) in [5.41, 5.74) is 2.55. The Labute approximate surface area is 139 Å². The molecule has 23 heavy (non-hydrogen) atoms. The lowest BCUT2D eigenvalue weighted by molar-refractivity contribution is -0.0670. The van der Waals surface area contributed by atoms with Crippen LogP contribution in [0.4, 0.5) is 0 Å². The Bertz CT molecular complexity index is 702. The molecule has 4 rings (SSSR count). The SMILES string of the molecule is Clc1cc(OCc2ccncc2)c2c(n1)C1(CCOC1)OCC2. The summed E-state index contributed by atoms with van der Waals surface area (Å²) >= 11 is 6.23. The third-order valence-corrected chi connectivity index (χ3v) is 4.54. The van der Waals surface area contributed by atoms with E-state index in [1.807, 2.05) is 12.1 Å². The molecule has 1 unspecified atom stereocenters. The molecule has 1 saturated heterocycles. The summed E-state index contributed by atoms with van der Waals surface area (Å²) in [7, 11) is 0. The van der Waals surface area contributed by atoms with E-state index in [0.717, 1.165) is 35.4 Å². The van der Waals surface area contributed by atoms with Gasteiger partial charge in [0.15, 0.2) is 0 Å². The van der Waals surface area contributed by atoms with Crippen LogP contribution in [0.1, 0.15) is 23.2 Å². The molecule has 5 nitrogen and oxygen atoms in total. The first-order valence-corrected chi connectivity index (χ1v) is 8.08. The van der Waals surface area contributed by atoms with E-state index in [-0.39, 0.29) is 0 Å². The normalized spacial score (nSPS) is 23.0. The fourth-order valence-electron chi connectivity index (χ4n) is 3.17. The minimum Gasteiger partial charge on any atom is -0.488 e. The van der Waals surface area contributed by atoms with E-state index >= 15 is 0 Å². The second-order valence-electron chi connectivity index (χ2n) is 5.81. The fourth-order valence-corrected chi connectivity index (χ4v) is 3.35. The van der Waals surface area contributed by atoms with Gasteiger partial charge in [-0.05, 0) is 17.7 Å². The Morgan fingerprint density at radius 3 is 2.91 bits per heavy atom. The molecule has 0 amide bonds. The van der Waals surface area contributed by atoms with Crippen molar-refractivity contribution in [2.45, 2.75) is 25.0 Å². The van der Waals surface area contributed by atoms with E-state index in [9.17, 15) is 0 Å². The van der Waals surface area contributed by atoms with Gasteiger partial charge in [-0.15, -0.1) is 0 Å². The largest absolute Gasteiger partial charge is 0.488 e. The number of pyridine rings is 2. The standard InChI is InChI=1S/C17H17ClN2O3/c18-15-9-14(22-10-12-1-5-19-6-2-12)13-3-7-23-17(16(13)20-15)4-8-21-11-17/h1-2,5-6,9H,3-4,7-8,10-11H2. The molecule has 1 atom stereocenters. The van der Waals surface area contributed by atoms with Crippen LogP contribution in [0.25, 0.3) is 0 Å². The smallest absolute Gasteiger partial charge is 0.136 e. The summed E-state index contributed by atoms with van der Waals surface area (Å²) in [5, 5.41) is 0.422. The van der Waals surface area contributed by atoms with Crippen molar-refractivity contribution in [3.63, 3.8) is 0 Å². The molecular formula is C17H17ClN2O3. The molecule has 2 aromatic heterocycles. The highest BCUT2D eigenvalue weighted by atomic mass is 35.5. The lowest BCUT2D eigenvalue weighted by Crippen LogP contribution is -2.37. The van der Waals surface area contributed by atoms with Gasteiger partial charge in [0.1, 0.15) is 23.1 Å². The molecule has 2 aliphatic rings. The van der Waals surface area contributed by atoms with Gasteiger partial charge in [-0.3, -0.25) is 4.98 Å². The van der Waals surface area contributed by atoms with E-state index < -0.39 is 5.60 Å². The van der Waals surface area contributed by atoms with Gasteiger partial charge < -0.3 is 14.2 Å². The number of aromatic nitrogens is 2. The van der Waals surface area contributed by atoms with Gasteiger partial charge in [0.25, 0.3) is 0 Å². The van der Waals surface area contributed by atoms with Crippen molar-refractivity contribution < 1.29 is 14.2 Å². The average molecular weight is 333 g/mol. The molecule has 0 saturated carbocycles. The number of ether oxygens (including phenoxy) is 3. The van der Waals surface area contributed by atoms with E-state index in [2.05, 4.69) is 9.97 Å². The van der Waals surface area contributed by atoms with Crippen molar-refractivity contribution in [2.75, 3.05) is 19.8 Å². The Morgan fingerprint density at radius 1 is 1.26 bits per heavy atom. The molecule has 6 heteroatoms. The molecular weight excluding hydrogens is 316 g/mol. The quantitative estimate of drug-likeness (QED) is 0.809. The summed E-state index contributed by atoms with van der Waals surface area (Å²) in [5.74, 6) is 0.784. The number of halogens is 1. The maximum Gasteiger partial charge on any atom is 0.136 e. The van der Waals surface area contributed by atoms with Gasteiger partial charge in [-0.1, -0.05) is 11.6 Å². The summed E-state index contributed by atoms with van der Waals surface area (Å²) in [6.07, 6.45) is 5.09. The Kier molecular flexibility index (Phi) is 3.93. The molecule has 0 radical (unpaired) electrons. The van der Waals surface area contributed by atoms with Crippen molar-refractivity contribution in [2.24, 2.45) is 0 Å². The van der Waals surface area contributed by atoms with Gasteiger partial charge in [-0.2, -0.15) is 0 Å². The highest BCUT2D eigenvalue weighted by Gasteiger charge is 2.44. The van der Waals surface area contributed by atoms with Crippen LogP contribution in [0.2, 0.25) is 5.15 Å². The van der Waals surface area contributed by atoms with Gasteiger partial charge in [0.2, 0.25) is 0 Å². The Hall–Kier alpha value is -1.69. The maximum absolute atomic E-state index is 6.23. The van der Waals surface area contributed by atoms with E-state index in [1.165, 1.54) is 0 Å². The molecule has 4 heterocycles. The molecule has 0 N–H and O–H groups in total. The average Bonchev–Trinajstić information content (AvgIpc) is 3.04. The number of hydrogen-bond donors (Lipinski definition) is 0.